The molecular weight excluding hydrogens is 341 g/mol. The van der Waals surface area contributed by atoms with Gasteiger partial charge in [-0.2, -0.15) is 0 Å². The van der Waals surface area contributed by atoms with Gasteiger partial charge in [-0.05, 0) is 31.5 Å². The van der Waals surface area contributed by atoms with Gasteiger partial charge in [-0.15, -0.1) is 0 Å². The van der Waals surface area contributed by atoms with E-state index in [0.29, 0.717) is 22.5 Å². The first-order chi connectivity index (χ1) is 12.8. The summed E-state index contributed by atoms with van der Waals surface area (Å²) >= 11 is 0. The maximum Gasteiger partial charge on any atom is 0.221 e. The van der Waals surface area contributed by atoms with E-state index >= 15 is 0 Å². The molecule has 138 valence electrons. The lowest BCUT2D eigenvalue weighted by atomic mass is 9.92. The second-order valence-corrected chi connectivity index (χ2v) is 7.08. The fraction of sp³-hybridized carbons (Fsp3) is 0.182. The Morgan fingerprint density at radius 3 is 2.37 bits per heavy atom. The Labute approximate surface area is 158 Å². The number of benzene rings is 2. The largest absolute Gasteiger partial charge is 0.325 e. The number of amides is 1. The van der Waals surface area contributed by atoms with Crippen molar-refractivity contribution in [3.63, 3.8) is 0 Å². The van der Waals surface area contributed by atoms with Gasteiger partial charge in [-0.25, -0.2) is 4.39 Å². The molecule has 5 heteroatoms. The average molecular weight is 363 g/mol. The highest BCUT2D eigenvalue weighted by Crippen LogP contribution is 2.34. The third kappa shape index (κ3) is 4.20. The van der Waals surface area contributed by atoms with Crippen molar-refractivity contribution in [2.75, 3.05) is 5.32 Å². The van der Waals surface area contributed by atoms with Crippen LogP contribution in [0.1, 0.15) is 26.3 Å². The van der Waals surface area contributed by atoms with E-state index in [9.17, 15) is 9.18 Å². The quantitative estimate of drug-likeness (QED) is 0.705. The summed E-state index contributed by atoms with van der Waals surface area (Å²) in [5.41, 5.74) is 9.32. The van der Waals surface area contributed by atoms with Crippen molar-refractivity contribution in [3.05, 3.63) is 72.2 Å². The first-order valence-corrected chi connectivity index (χ1v) is 8.68. The predicted octanol–water partition coefficient (Wildman–Crippen LogP) is 4.71. The van der Waals surface area contributed by atoms with E-state index < -0.39 is 5.54 Å². The molecule has 0 fully saturated rings. The summed E-state index contributed by atoms with van der Waals surface area (Å²) in [5, 5.41) is 2.74. The second kappa shape index (κ2) is 7.29. The number of nitrogens with two attached hydrogens (primary N) is 1. The molecule has 0 bridgehead atoms. The molecule has 0 aliphatic heterocycles. The number of hydrogen-bond donors (Lipinski definition) is 2. The topological polar surface area (TPSA) is 68.0 Å². The van der Waals surface area contributed by atoms with E-state index in [2.05, 4.69) is 10.3 Å². The number of nitrogens with zero attached hydrogens (tertiary/aromatic N) is 1. The molecule has 4 nitrogen and oxygen atoms in total. The lowest BCUT2D eigenvalue weighted by Crippen LogP contribution is -2.29. The van der Waals surface area contributed by atoms with Crippen LogP contribution in [0.3, 0.4) is 0 Å². The lowest BCUT2D eigenvalue weighted by molar-refractivity contribution is -0.114. The summed E-state index contributed by atoms with van der Waals surface area (Å²) in [5.74, 6) is -0.545. The van der Waals surface area contributed by atoms with Gasteiger partial charge in [0.15, 0.2) is 0 Å². The summed E-state index contributed by atoms with van der Waals surface area (Å²) in [6.07, 6.45) is 1.57. The van der Waals surface area contributed by atoms with E-state index in [1.54, 1.807) is 26.1 Å². The Kier molecular flexibility index (Phi) is 5.06. The number of hydrogen-bond acceptors (Lipinski definition) is 3. The van der Waals surface area contributed by atoms with Crippen molar-refractivity contribution in [1.29, 1.82) is 0 Å². The highest BCUT2D eigenvalue weighted by molar-refractivity contribution is 5.91. The minimum absolute atomic E-state index is 0.177. The van der Waals surface area contributed by atoms with Gasteiger partial charge in [0.25, 0.3) is 0 Å². The third-order valence-corrected chi connectivity index (χ3v) is 4.23. The molecule has 2 aromatic carbocycles. The number of aromatic nitrogens is 1. The molecule has 1 amide bonds. The van der Waals surface area contributed by atoms with Crippen LogP contribution in [0.5, 0.6) is 0 Å². The molecule has 0 saturated carbocycles. The highest BCUT2D eigenvalue weighted by atomic mass is 19.1. The Hall–Kier alpha value is -3.05. The van der Waals surface area contributed by atoms with Crippen molar-refractivity contribution < 1.29 is 9.18 Å². The minimum atomic E-state index is -0.770. The van der Waals surface area contributed by atoms with Crippen LogP contribution in [-0.4, -0.2) is 10.9 Å². The summed E-state index contributed by atoms with van der Waals surface area (Å²) in [6, 6.07) is 16.5. The van der Waals surface area contributed by atoms with Crippen LogP contribution in [-0.2, 0) is 10.3 Å². The minimum Gasteiger partial charge on any atom is -0.325 e. The number of nitrogens with one attached hydrogen (secondary N) is 1. The monoisotopic (exact) mass is 363 g/mol. The maximum atomic E-state index is 14.7. The van der Waals surface area contributed by atoms with Crippen LogP contribution in [0.2, 0.25) is 0 Å². The standard InChI is InChI=1S/C22H22FN3O/c1-14(27)26-17-12-18(15-7-5-4-6-8-15)21(25-13-17)16-9-10-19(20(23)11-16)22(2,3)24/h4-13H,24H2,1-3H3,(H,26,27). The highest BCUT2D eigenvalue weighted by Gasteiger charge is 2.20. The number of anilines is 1. The van der Waals surface area contributed by atoms with Gasteiger partial charge in [0.1, 0.15) is 5.82 Å². The zero-order valence-electron chi connectivity index (χ0n) is 15.6. The van der Waals surface area contributed by atoms with Gasteiger partial charge in [0.05, 0.1) is 17.6 Å². The number of halogens is 1. The summed E-state index contributed by atoms with van der Waals surface area (Å²) < 4.78 is 14.7. The normalized spacial score (nSPS) is 11.3. The predicted molar refractivity (Wildman–Crippen MR) is 107 cm³/mol. The van der Waals surface area contributed by atoms with Crippen LogP contribution >= 0.6 is 0 Å². The molecule has 1 aromatic heterocycles. The van der Waals surface area contributed by atoms with E-state index in [4.69, 9.17) is 5.73 Å². The number of carbonyl (C=O) groups excluding carboxylic acids is 1. The molecule has 27 heavy (non-hydrogen) atoms. The van der Waals surface area contributed by atoms with E-state index in [1.807, 2.05) is 42.5 Å². The lowest BCUT2D eigenvalue weighted by Gasteiger charge is -2.20. The third-order valence-electron chi connectivity index (χ3n) is 4.23. The zero-order valence-corrected chi connectivity index (χ0v) is 15.6. The van der Waals surface area contributed by atoms with E-state index in [1.165, 1.54) is 13.0 Å². The Bertz CT molecular complexity index is 979. The van der Waals surface area contributed by atoms with Gasteiger partial charge < -0.3 is 11.1 Å². The molecule has 0 aliphatic carbocycles. The molecule has 0 unspecified atom stereocenters. The fourth-order valence-electron chi connectivity index (χ4n) is 2.99. The van der Waals surface area contributed by atoms with Crippen LogP contribution in [0.4, 0.5) is 10.1 Å². The van der Waals surface area contributed by atoms with Crippen molar-refractivity contribution >= 4 is 11.6 Å². The summed E-state index contributed by atoms with van der Waals surface area (Å²) in [6.45, 7) is 4.97. The molecule has 3 rings (SSSR count). The average Bonchev–Trinajstić information content (AvgIpc) is 2.60. The van der Waals surface area contributed by atoms with Gasteiger partial charge in [-0.3, -0.25) is 9.78 Å². The zero-order chi connectivity index (χ0) is 19.6. The Morgan fingerprint density at radius 2 is 1.78 bits per heavy atom. The van der Waals surface area contributed by atoms with E-state index in [-0.39, 0.29) is 11.7 Å². The van der Waals surface area contributed by atoms with Crippen molar-refractivity contribution in [1.82, 2.24) is 4.98 Å². The van der Waals surface area contributed by atoms with Gasteiger partial charge in [0.2, 0.25) is 5.91 Å². The van der Waals surface area contributed by atoms with Gasteiger partial charge >= 0.3 is 0 Å². The first kappa shape index (κ1) is 18.7. The van der Waals surface area contributed by atoms with Crippen LogP contribution in [0.15, 0.2) is 60.8 Å². The first-order valence-electron chi connectivity index (χ1n) is 8.68. The molecule has 0 atom stereocenters. The molecular formula is C22H22FN3O. The smallest absolute Gasteiger partial charge is 0.221 e. The molecule has 0 spiro atoms. The van der Waals surface area contributed by atoms with Crippen LogP contribution < -0.4 is 11.1 Å². The molecule has 3 aromatic rings. The molecule has 1 heterocycles. The van der Waals surface area contributed by atoms with Crippen molar-refractivity contribution in [2.45, 2.75) is 26.3 Å². The second-order valence-electron chi connectivity index (χ2n) is 7.08. The van der Waals surface area contributed by atoms with Gasteiger partial charge in [-0.1, -0.05) is 42.5 Å². The SMILES string of the molecule is CC(=O)Nc1cnc(-c2ccc(C(C)(C)N)c(F)c2)c(-c2ccccc2)c1. The Balaban J connectivity index is 2.15. The van der Waals surface area contributed by atoms with Crippen molar-refractivity contribution in [3.8, 4) is 22.4 Å². The van der Waals surface area contributed by atoms with Gasteiger partial charge in [0, 0.05) is 29.2 Å². The molecule has 0 aliphatic rings. The molecule has 3 N–H and O–H groups in total. The maximum absolute atomic E-state index is 14.7. The number of carbonyl (C=O) groups is 1. The Morgan fingerprint density at radius 1 is 1.07 bits per heavy atom. The molecule has 0 radical (unpaired) electrons. The summed E-state index contributed by atoms with van der Waals surface area (Å²) in [4.78, 5) is 15.9. The molecule has 0 saturated heterocycles. The fourth-order valence-corrected chi connectivity index (χ4v) is 2.99. The van der Waals surface area contributed by atoms with E-state index in [0.717, 1.165) is 11.1 Å². The van der Waals surface area contributed by atoms with Crippen molar-refractivity contribution in [2.24, 2.45) is 5.73 Å². The number of pyridine rings is 1. The van der Waals surface area contributed by atoms with Crippen LogP contribution in [0.25, 0.3) is 22.4 Å². The summed E-state index contributed by atoms with van der Waals surface area (Å²) in [7, 11) is 0. The number of rotatable bonds is 4. The van der Waals surface area contributed by atoms with Crippen LogP contribution in [0, 0.1) is 5.82 Å².